The maximum atomic E-state index is 12.6. The third kappa shape index (κ3) is 2.65. The number of nitrogens with one attached hydrogen (secondary N) is 1. The van der Waals surface area contributed by atoms with Crippen LogP contribution < -0.4 is 61.6 Å². The van der Waals surface area contributed by atoms with Gasteiger partial charge in [0.2, 0.25) is 0 Å². The summed E-state index contributed by atoms with van der Waals surface area (Å²) in [7, 11) is 1.24. The summed E-state index contributed by atoms with van der Waals surface area (Å²) >= 11 is 0. The van der Waals surface area contributed by atoms with E-state index in [4.69, 9.17) is 4.74 Å². The van der Waals surface area contributed by atoms with Crippen molar-refractivity contribution in [3.05, 3.63) is 24.4 Å². The fourth-order valence-electron chi connectivity index (χ4n) is 1.53. The van der Waals surface area contributed by atoms with Crippen LogP contribution in [0.2, 0.25) is 0 Å². The van der Waals surface area contributed by atoms with E-state index in [2.05, 4.69) is 4.98 Å². The molecule has 2 nitrogen and oxygen atoms in total. The van der Waals surface area contributed by atoms with Crippen molar-refractivity contribution >= 4 is 23.3 Å². The number of benzene rings is 1. The fourth-order valence-corrected chi connectivity index (χ4v) is 1.53. The van der Waals surface area contributed by atoms with Crippen molar-refractivity contribution < 1.29 is 69.1 Å². The summed E-state index contributed by atoms with van der Waals surface area (Å²) in [5, 5.41) is 0.704. The summed E-state index contributed by atoms with van der Waals surface area (Å²) in [5.74, 6) is -0.130. The van der Waals surface area contributed by atoms with E-state index in [0.717, 1.165) is 6.07 Å². The van der Waals surface area contributed by atoms with Crippen LogP contribution in [-0.4, -0.2) is 19.1 Å². The van der Waals surface area contributed by atoms with Gasteiger partial charge in [-0.3, -0.25) is 0 Å². The van der Waals surface area contributed by atoms with Crippen LogP contribution in [0.15, 0.2) is 24.4 Å². The minimum absolute atomic E-state index is 0. The molecule has 7 heteroatoms. The molecule has 0 aliphatic heterocycles. The van der Waals surface area contributed by atoms with Crippen LogP contribution in [0.4, 0.5) is 12.9 Å². The van der Waals surface area contributed by atoms with Gasteiger partial charge in [-0.25, -0.2) is 0 Å². The van der Waals surface area contributed by atoms with Crippen molar-refractivity contribution in [3.8, 4) is 5.75 Å². The molecule has 0 saturated heterocycles. The summed E-state index contributed by atoms with van der Waals surface area (Å²) in [6, 6.07) is 4.16. The zero-order chi connectivity index (χ0) is 11.1. The van der Waals surface area contributed by atoms with Gasteiger partial charge in [0.1, 0.15) is 0 Å². The quantitative estimate of drug-likeness (QED) is 0.699. The number of methoxy groups -OCH3 is 1. The molecule has 80 valence electrons. The van der Waals surface area contributed by atoms with Crippen molar-refractivity contribution in [1.29, 1.82) is 0 Å². The Morgan fingerprint density at radius 3 is 2.50 bits per heavy atom. The number of aromatic nitrogens is 1. The number of fused-ring (bicyclic) bond motifs is 1. The molecule has 0 radical (unpaired) electrons. The topological polar surface area (TPSA) is 25.0 Å². The summed E-state index contributed by atoms with van der Waals surface area (Å²) < 4.78 is 42.6. The molecule has 16 heavy (non-hydrogen) atoms. The predicted molar refractivity (Wildman–Crippen MR) is 53.6 cm³/mol. The van der Waals surface area contributed by atoms with E-state index in [1.54, 1.807) is 12.3 Å². The Labute approximate surface area is 133 Å². The molecule has 0 atom stereocenters. The predicted octanol–water partition coefficient (Wildman–Crippen LogP) is -0.765. The van der Waals surface area contributed by atoms with Gasteiger partial charge < -0.3 is 22.7 Å². The standard InChI is InChI=1S/C9H8BF3NO.K/c1-15-9-4-6-2-3-14-8(6)5-7(9)10(11,12)13;/h2-5,14H,1H3;/q-1;+1. The molecule has 2 aromatic rings. The van der Waals surface area contributed by atoms with Gasteiger partial charge in [0.15, 0.2) is 0 Å². The zero-order valence-electron chi connectivity index (χ0n) is 8.93. The van der Waals surface area contributed by atoms with Gasteiger partial charge in [0.25, 0.3) is 0 Å². The third-order valence-corrected chi connectivity index (χ3v) is 2.26. The maximum Gasteiger partial charge on any atom is 1.00 e. The van der Waals surface area contributed by atoms with Crippen LogP contribution in [0, 0.1) is 0 Å². The summed E-state index contributed by atoms with van der Waals surface area (Å²) in [4.78, 5) is 2.74. The number of hydrogen-bond donors (Lipinski definition) is 1. The minimum Gasteiger partial charge on any atom is -0.500 e. The largest absolute Gasteiger partial charge is 1.00 e. The molecule has 0 spiro atoms. The smallest absolute Gasteiger partial charge is 0.500 e. The first kappa shape index (κ1) is 14.1. The first-order chi connectivity index (χ1) is 7.02. The number of ether oxygens (including phenoxy) is 1. The van der Waals surface area contributed by atoms with Crippen LogP contribution >= 0.6 is 0 Å². The molecule has 0 aliphatic rings. The second-order valence-corrected chi connectivity index (χ2v) is 3.23. The molecule has 0 amide bonds. The van der Waals surface area contributed by atoms with Crippen molar-refractivity contribution in [1.82, 2.24) is 4.98 Å². The van der Waals surface area contributed by atoms with Crippen molar-refractivity contribution in [2.45, 2.75) is 0 Å². The Hall–Kier alpha value is 0.0513. The molecule has 2 rings (SSSR count). The number of H-pyrrole nitrogens is 1. The van der Waals surface area contributed by atoms with Gasteiger partial charge >= 0.3 is 58.4 Å². The molecular formula is C9H8BF3KNO. The molecule has 1 aromatic carbocycles. The summed E-state index contributed by atoms with van der Waals surface area (Å²) in [6.07, 6.45) is 1.59. The van der Waals surface area contributed by atoms with Crippen LogP contribution in [0.1, 0.15) is 0 Å². The van der Waals surface area contributed by atoms with E-state index < -0.39 is 12.4 Å². The summed E-state index contributed by atoms with van der Waals surface area (Å²) in [5.41, 5.74) is -0.238. The van der Waals surface area contributed by atoms with Gasteiger partial charge in [0.05, 0.1) is 12.9 Å². The van der Waals surface area contributed by atoms with Crippen LogP contribution in [0.25, 0.3) is 10.9 Å². The van der Waals surface area contributed by atoms with Crippen LogP contribution in [0.5, 0.6) is 5.75 Å². The first-order valence-corrected chi connectivity index (χ1v) is 4.37. The molecule has 1 aromatic heterocycles. The van der Waals surface area contributed by atoms with Gasteiger partial charge in [-0.2, -0.15) is 0 Å². The third-order valence-electron chi connectivity index (χ3n) is 2.26. The number of hydrogen-bond acceptors (Lipinski definition) is 1. The second kappa shape index (κ2) is 5.14. The Morgan fingerprint density at radius 1 is 1.25 bits per heavy atom. The average Bonchev–Trinajstić information content (AvgIpc) is 2.60. The van der Waals surface area contributed by atoms with Gasteiger partial charge in [-0.15, -0.1) is 0 Å². The van der Waals surface area contributed by atoms with Crippen molar-refractivity contribution in [2.75, 3.05) is 7.11 Å². The normalized spacial score (nSPS) is 11.2. The monoisotopic (exact) mass is 253 g/mol. The second-order valence-electron chi connectivity index (χ2n) is 3.23. The van der Waals surface area contributed by atoms with E-state index in [-0.39, 0.29) is 57.1 Å². The Balaban J connectivity index is 0.00000128. The average molecular weight is 253 g/mol. The van der Waals surface area contributed by atoms with Gasteiger partial charge in [-0.05, 0) is 12.1 Å². The van der Waals surface area contributed by atoms with E-state index in [0.29, 0.717) is 10.9 Å². The van der Waals surface area contributed by atoms with Crippen LogP contribution in [0.3, 0.4) is 0 Å². The number of rotatable bonds is 2. The van der Waals surface area contributed by atoms with E-state index in [1.165, 1.54) is 13.2 Å². The molecule has 1 heterocycles. The van der Waals surface area contributed by atoms with E-state index >= 15 is 0 Å². The molecule has 1 N–H and O–H groups in total. The maximum absolute atomic E-state index is 12.6. The molecule has 0 saturated carbocycles. The molecule has 0 fully saturated rings. The fraction of sp³-hybridized carbons (Fsp3) is 0.111. The van der Waals surface area contributed by atoms with Gasteiger partial charge in [-0.1, -0.05) is 11.5 Å². The Morgan fingerprint density at radius 2 is 1.94 bits per heavy atom. The van der Waals surface area contributed by atoms with Gasteiger partial charge in [0, 0.05) is 17.1 Å². The summed E-state index contributed by atoms with van der Waals surface area (Å²) in [6.45, 7) is -5.04. The zero-order valence-corrected chi connectivity index (χ0v) is 12.1. The van der Waals surface area contributed by atoms with Crippen molar-refractivity contribution in [2.24, 2.45) is 0 Å². The molecule has 0 unspecified atom stereocenters. The molecular weight excluding hydrogens is 245 g/mol. The first-order valence-electron chi connectivity index (χ1n) is 4.37. The number of aromatic amines is 1. The Bertz CT molecular complexity index is 497. The van der Waals surface area contributed by atoms with Crippen molar-refractivity contribution in [3.63, 3.8) is 0 Å². The molecule has 0 bridgehead atoms. The number of halogens is 3. The Kier molecular flexibility index (Phi) is 4.53. The molecule has 0 aliphatic carbocycles. The SMILES string of the molecule is COc1cc2cc[nH]c2cc1[B-](F)(F)F.[K+]. The van der Waals surface area contributed by atoms with E-state index in [1.807, 2.05) is 0 Å². The van der Waals surface area contributed by atoms with Crippen LogP contribution in [-0.2, 0) is 0 Å². The minimum atomic E-state index is -5.04. The van der Waals surface area contributed by atoms with E-state index in [9.17, 15) is 12.9 Å².